The van der Waals surface area contributed by atoms with E-state index in [1.54, 1.807) is 35.6 Å². The summed E-state index contributed by atoms with van der Waals surface area (Å²) >= 11 is 1.68. The maximum absolute atomic E-state index is 11.4. The van der Waals surface area contributed by atoms with Crippen molar-refractivity contribution >= 4 is 27.1 Å². The Morgan fingerprint density at radius 3 is 2.56 bits per heavy atom. The van der Waals surface area contributed by atoms with Gasteiger partial charge in [0.25, 0.3) is 0 Å². The maximum atomic E-state index is 11.4. The van der Waals surface area contributed by atoms with Crippen LogP contribution in [0.2, 0.25) is 0 Å². The van der Waals surface area contributed by atoms with E-state index < -0.39 is 9.84 Å². The predicted octanol–water partition coefficient (Wildman–Crippen LogP) is 2.29. The second-order valence-electron chi connectivity index (χ2n) is 5.29. The van der Waals surface area contributed by atoms with Crippen LogP contribution in [0.3, 0.4) is 0 Å². The molecule has 6 nitrogen and oxygen atoms in total. The van der Waals surface area contributed by atoms with E-state index in [2.05, 4.69) is 21.7 Å². The van der Waals surface area contributed by atoms with E-state index in [1.165, 1.54) is 11.1 Å². The fourth-order valence-electron chi connectivity index (χ4n) is 2.02. The quantitative estimate of drug-likeness (QED) is 0.417. The third-order valence-electron chi connectivity index (χ3n) is 3.23. The first-order valence-electron chi connectivity index (χ1n) is 7.96. The highest BCUT2D eigenvalue weighted by Gasteiger charge is 2.06. The molecule has 2 N–H and O–H groups in total. The number of hydrogen-bond donors (Lipinski definition) is 2. The molecule has 0 saturated heterocycles. The van der Waals surface area contributed by atoms with Gasteiger partial charge in [-0.15, -0.1) is 11.3 Å². The molecule has 2 aromatic rings. The lowest BCUT2D eigenvalue weighted by molar-refractivity contribution is 0.321. The van der Waals surface area contributed by atoms with Crippen molar-refractivity contribution in [2.75, 3.05) is 26.0 Å². The van der Waals surface area contributed by atoms with Gasteiger partial charge in [-0.2, -0.15) is 0 Å². The molecular weight excluding hydrogens is 358 g/mol. The van der Waals surface area contributed by atoms with Gasteiger partial charge in [0.05, 0.1) is 18.0 Å². The zero-order chi connectivity index (χ0) is 18.1. The van der Waals surface area contributed by atoms with Crippen molar-refractivity contribution < 1.29 is 13.2 Å². The molecule has 0 atom stereocenters. The zero-order valence-electron chi connectivity index (χ0n) is 14.4. The molecule has 2 rings (SSSR count). The Balaban J connectivity index is 1.78. The van der Waals surface area contributed by atoms with Crippen LogP contribution in [0.4, 0.5) is 0 Å². The van der Waals surface area contributed by atoms with Gasteiger partial charge in [0.15, 0.2) is 15.8 Å². The minimum atomic E-state index is -3.18. The van der Waals surface area contributed by atoms with Gasteiger partial charge in [0.2, 0.25) is 0 Å². The highest BCUT2D eigenvalue weighted by Crippen LogP contribution is 2.15. The fraction of sp³-hybridized carbons (Fsp3) is 0.353. The van der Waals surface area contributed by atoms with Gasteiger partial charge in [-0.25, -0.2) is 13.4 Å². The Morgan fingerprint density at radius 2 is 1.96 bits per heavy atom. The summed E-state index contributed by atoms with van der Waals surface area (Å²) in [5.74, 6) is 1.38. The van der Waals surface area contributed by atoms with E-state index in [1.807, 2.05) is 18.4 Å². The number of hydrogen-bond acceptors (Lipinski definition) is 5. The zero-order valence-corrected chi connectivity index (χ0v) is 16.0. The minimum absolute atomic E-state index is 0.285. The Kier molecular flexibility index (Phi) is 7.27. The molecule has 0 bridgehead atoms. The van der Waals surface area contributed by atoms with Crippen LogP contribution in [0.5, 0.6) is 5.75 Å². The number of rotatable bonds is 8. The molecule has 8 heteroatoms. The fourth-order valence-corrected chi connectivity index (χ4v) is 3.28. The number of ether oxygens (including phenoxy) is 1. The van der Waals surface area contributed by atoms with E-state index in [9.17, 15) is 8.42 Å². The molecule has 0 spiro atoms. The lowest BCUT2D eigenvalue weighted by Gasteiger charge is -2.12. The van der Waals surface area contributed by atoms with Crippen LogP contribution < -0.4 is 15.4 Å². The Morgan fingerprint density at radius 1 is 1.20 bits per heavy atom. The second kappa shape index (κ2) is 9.43. The average Bonchev–Trinajstić information content (AvgIpc) is 3.09. The summed E-state index contributed by atoms with van der Waals surface area (Å²) in [5, 5.41) is 8.44. The largest absolute Gasteiger partial charge is 0.492 e. The minimum Gasteiger partial charge on any atom is -0.492 e. The van der Waals surface area contributed by atoms with E-state index in [0.29, 0.717) is 25.4 Å². The first-order valence-corrected chi connectivity index (χ1v) is 10.7. The van der Waals surface area contributed by atoms with Crippen LogP contribution in [0.25, 0.3) is 0 Å². The first kappa shape index (κ1) is 19.3. The molecule has 0 amide bonds. The number of thiophene rings is 1. The molecular formula is C17H23N3O3S2. The first-order chi connectivity index (χ1) is 12.0. The highest BCUT2D eigenvalue weighted by atomic mass is 32.2. The standard InChI is InChI=1S/C17H23N3O3S2/c1-3-18-17(20-13-15-5-4-12-24-15)19-10-11-23-14-6-8-16(9-7-14)25(2,21)22/h4-9,12H,3,10-11,13H2,1-2H3,(H2,18,19,20). The van der Waals surface area contributed by atoms with E-state index in [4.69, 9.17) is 4.74 Å². The van der Waals surface area contributed by atoms with Crippen LogP contribution in [0.15, 0.2) is 51.7 Å². The molecule has 1 heterocycles. The maximum Gasteiger partial charge on any atom is 0.191 e. The van der Waals surface area contributed by atoms with Crippen molar-refractivity contribution in [1.29, 1.82) is 0 Å². The normalized spacial score (nSPS) is 12.0. The van der Waals surface area contributed by atoms with Crippen LogP contribution in [-0.4, -0.2) is 40.3 Å². The van der Waals surface area contributed by atoms with E-state index in [0.717, 1.165) is 12.5 Å². The predicted molar refractivity (Wildman–Crippen MR) is 102 cm³/mol. The van der Waals surface area contributed by atoms with Crippen molar-refractivity contribution in [2.24, 2.45) is 4.99 Å². The van der Waals surface area contributed by atoms with Gasteiger partial charge in [0, 0.05) is 17.7 Å². The lowest BCUT2D eigenvalue weighted by atomic mass is 10.3. The summed E-state index contributed by atoms with van der Waals surface area (Å²) in [6, 6.07) is 10.5. The molecule has 1 aromatic carbocycles. The number of nitrogens with one attached hydrogen (secondary N) is 2. The molecule has 0 aliphatic rings. The van der Waals surface area contributed by atoms with Gasteiger partial charge in [-0.1, -0.05) is 6.07 Å². The van der Waals surface area contributed by atoms with Crippen LogP contribution in [-0.2, 0) is 16.4 Å². The summed E-state index contributed by atoms with van der Waals surface area (Å²) in [4.78, 5) is 6.01. The monoisotopic (exact) mass is 381 g/mol. The van der Waals surface area contributed by atoms with Crippen molar-refractivity contribution in [1.82, 2.24) is 10.6 Å². The van der Waals surface area contributed by atoms with Crippen LogP contribution in [0.1, 0.15) is 11.8 Å². The van der Waals surface area contributed by atoms with Crippen molar-refractivity contribution in [3.05, 3.63) is 46.7 Å². The summed E-state index contributed by atoms with van der Waals surface area (Å²) in [7, 11) is -3.18. The number of aliphatic imine (C=N–C) groups is 1. The Labute approximate surface area is 152 Å². The number of sulfone groups is 1. The van der Waals surface area contributed by atoms with Crippen LogP contribution >= 0.6 is 11.3 Å². The van der Waals surface area contributed by atoms with Gasteiger partial charge in [-0.05, 0) is 42.6 Å². The lowest BCUT2D eigenvalue weighted by Crippen LogP contribution is -2.39. The molecule has 0 fully saturated rings. The Bertz CT molecular complexity index is 770. The summed E-state index contributed by atoms with van der Waals surface area (Å²) < 4.78 is 28.4. The molecule has 0 saturated carbocycles. The van der Waals surface area contributed by atoms with Gasteiger partial charge in [0.1, 0.15) is 12.4 Å². The van der Waals surface area contributed by atoms with Crippen molar-refractivity contribution in [3.8, 4) is 5.75 Å². The van der Waals surface area contributed by atoms with Gasteiger partial charge >= 0.3 is 0 Å². The SMILES string of the molecule is CCNC(=NCc1cccs1)NCCOc1ccc(S(C)(=O)=O)cc1. The van der Waals surface area contributed by atoms with Gasteiger partial charge in [-0.3, -0.25) is 0 Å². The van der Waals surface area contributed by atoms with E-state index >= 15 is 0 Å². The number of benzene rings is 1. The summed E-state index contributed by atoms with van der Waals surface area (Å²) in [5.41, 5.74) is 0. The smallest absolute Gasteiger partial charge is 0.191 e. The molecule has 136 valence electrons. The molecule has 0 aliphatic heterocycles. The Hall–Kier alpha value is -2.06. The molecule has 25 heavy (non-hydrogen) atoms. The number of guanidine groups is 1. The molecule has 0 radical (unpaired) electrons. The highest BCUT2D eigenvalue weighted by molar-refractivity contribution is 7.90. The third-order valence-corrected chi connectivity index (χ3v) is 5.22. The molecule has 1 aromatic heterocycles. The van der Waals surface area contributed by atoms with Crippen LogP contribution in [0, 0.1) is 0 Å². The third kappa shape index (κ3) is 6.75. The van der Waals surface area contributed by atoms with Gasteiger partial charge < -0.3 is 15.4 Å². The van der Waals surface area contributed by atoms with Crippen molar-refractivity contribution in [2.45, 2.75) is 18.4 Å². The molecule has 0 unspecified atom stereocenters. The summed E-state index contributed by atoms with van der Waals surface area (Å²) in [6.07, 6.45) is 1.19. The number of nitrogens with zero attached hydrogens (tertiary/aromatic N) is 1. The second-order valence-corrected chi connectivity index (χ2v) is 8.34. The van der Waals surface area contributed by atoms with Crippen molar-refractivity contribution in [3.63, 3.8) is 0 Å². The van der Waals surface area contributed by atoms with E-state index in [-0.39, 0.29) is 4.90 Å². The summed E-state index contributed by atoms with van der Waals surface area (Å²) in [6.45, 7) is 4.47. The topological polar surface area (TPSA) is 79.8 Å². The average molecular weight is 382 g/mol. The molecule has 0 aliphatic carbocycles.